The van der Waals surface area contributed by atoms with E-state index < -0.39 is 0 Å². The molecule has 1 aromatic heterocycles. The molecule has 84 valence electrons. The lowest BCUT2D eigenvalue weighted by Gasteiger charge is -2.26. The maximum Gasteiger partial charge on any atom is 0.147 e. The Morgan fingerprint density at radius 1 is 1.53 bits per heavy atom. The molecule has 0 bridgehead atoms. The van der Waals surface area contributed by atoms with Gasteiger partial charge in [0.15, 0.2) is 0 Å². The molecule has 1 aliphatic rings. The number of nitrogens with zero attached hydrogens (tertiary/aromatic N) is 4. The van der Waals surface area contributed by atoms with Crippen LogP contribution in [0.3, 0.4) is 0 Å². The Labute approximate surface area is 90.3 Å². The molecule has 0 spiro atoms. The molecule has 5 heteroatoms. The van der Waals surface area contributed by atoms with Crippen molar-refractivity contribution in [2.75, 3.05) is 13.1 Å². The van der Waals surface area contributed by atoms with E-state index in [1.165, 1.54) is 6.42 Å². The van der Waals surface area contributed by atoms with Gasteiger partial charge in [-0.05, 0) is 26.3 Å². The summed E-state index contributed by atoms with van der Waals surface area (Å²) in [7, 11) is 0. The fourth-order valence-corrected chi connectivity index (χ4v) is 1.94. The highest BCUT2D eigenvalue weighted by atomic mass is 15.3. The smallest absolute Gasteiger partial charge is 0.147 e. The number of fused-ring (bicyclic) bond motifs is 1. The van der Waals surface area contributed by atoms with Crippen LogP contribution in [0.4, 0.5) is 0 Å². The monoisotopic (exact) mass is 209 g/mol. The van der Waals surface area contributed by atoms with E-state index >= 15 is 0 Å². The van der Waals surface area contributed by atoms with Gasteiger partial charge in [-0.25, -0.2) is 0 Å². The second kappa shape index (κ2) is 4.72. The lowest BCUT2D eigenvalue weighted by Crippen LogP contribution is -2.34. The second-order valence-corrected chi connectivity index (χ2v) is 4.34. The van der Waals surface area contributed by atoms with Crippen LogP contribution in [0.1, 0.15) is 25.6 Å². The normalized spacial score (nSPS) is 18.8. The SMILES string of the molecule is CC(N)CCCN1CCn2cnnc2C1. The molecule has 2 heterocycles. The summed E-state index contributed by atoms with van der Waals surface area (Å²) in [6, 6.07) is 0.318. The first-order valence-electron chi connectivity index (χ1n) is 5.60. The van der Waals surface area contributed by atoms with Gasteiger partial charge in [-0.15, -0.1) is 10.2 Å². The summed E-state index contributed by atoms with van der Waals surface area (Å²) in [6.07, 6.45) is 4.09. The fraction of sp³-hybridized carbons (Fsp3) is 0.800. The van der Waals surface area contributed by atoms with E-state index in [9.17, 15) is 0 Å². The number of hydrogen-bond donors (Lipinski definition) is 1. The standard InChI is InChI=1S/C10H19N5/c1-9(11)3-2-4-14-5-6-15-8-12-13-10(15)7-14/h8-9H,2-7,11H2,1H3. The molecule has 5 nitrogen and oxygen atoms in total. The first-order chi connectivity index (χ1) is 7.25. The molecule has 1 aliphatic heterocycles. The second-order valence-electron chi connectivity index (χ2n) is 4.34. The number of nitrogens with two attached hydrogens (primary N) is 1. The summed E-state index contributed by atoms with van der Waals surface area (Å²) >= 11 is 0. The molecule has 0 aromatic carbocycles. The van der Waals surface area contributed by atoms with Gasteiger partial charge in [0.25, 0.3) is 0 Å². The van der Waals surface area contributed by atoms with Gasteiger partial charge in [-0.1, -0.05) is 0 Å². The molecule has 2 rings (SSSR count). The highest BCUT2D eigenvalue weighted by Crippen LogP contribution is 2.09. The molecule has 1 atom stereocenters. The first-order valence-corrected chi connectivity index (χ1v) is 5.60. The minimum absolute atomic E-state index is 0.318. The van der Waals surface area contributed by atoms with E-state index in [1.807, 2.05) is 6.33 Å². The molecule has 15 heavy (non-hydrogen) atoms. The number of hydrogen-bond acceptors (Lipinski definition) is 4. The van der Waals surface area contributed by atoms with Gasteiger partial charge in [0.05, 0.1) is 6.54 Å². The van der Waals surface area contributed by atoms with Crippen molar-refractivity contribution in [2.45, 2.75) is 38.9 Å². The van der Waals surface area contributed by atoms with E-state index in [1.54, 1.807) is 0 Å². The molecule has 2 N–H and O–H groups in total. The average Bonchev–Trinajstić information content (AvgIpc) is 2.64. The Balaban J connectivity index is 1.78. The molecule has 0 fully saturated rings. The van der Waals surface area contributed by atoms with Crippen LogP contribution in [0.5, 0.6) is 0 Å². The molecule has 0 radical (unpaired) electrons. The zero-order valence-corrected chi connectivity index (χ0v) is 9.26. The largest absolute Gasteiger partial charge is 0.328 e. The van der Waals surface area contributed by atoms with E-state index in [0.717, 1.165) is 38.4 Å². The minimum Gasteiger partial charge on any atom is -0.328 e. The quantitative estimate of drug-likeness (QED) is 0.770. The maximum atomic E-state index is 5.72. The highest BCUT2D eigenvalue weighted by molar-refractivity contribution is 4.89. The third-order valence-corrected chi connectivity index (χ3v) is 2.85. The molecule has 0 saturated carbocycles. The van der Waals surface area contributed by atoms with Gasteiger partial charge in [0, 0.05) is 19.1 Å². The van der Waals surface area contributed by atoms with E-state index in [2.05, 4.69) is 26.6 Å². The minimum atomic E-state index is 0.318. The van der Waals surface area contributed by atoms with E-state index in [0.29, 0.717) is 6.04 Å². The zero-order chi connectivity index (χ0) is 10.7. The van der Waals surface area contributed by atoms with Crippen molar-refractivity contribution >= 4 is 0 Å². The topological polar surface area (TPSA) is 60.0 Å². The third kappa shape index (κ3) is 2.76. The lowest BCUT2D eigenvalue weighted by atomic mass is 10.2. The van der Waals surface area contributed by atoms with Crippen molar-refractivity contribution in [3.05, 3.63) is 12.2 Å². The van der Waals surface area contributed by atoms with Crippen LogP contribution in [0.2, 0.25) is 0 Å². The predicted molar refractivity (Wildman–Crippen MR) is 58.2 cm³/mol. The van der Waals surface area contributed by atoms with E-state index in [-0.39, 0.29) is 0 Å². The summed E-state index contributed by atoms with van der Waals surface area (Å²) in [5.74, 6) is 1.09. The van der Waals surface area contributed by atoms with Crippen LogP contribution in [-0.4, -0.2) is 38.8 Å². The molecule has 1 aromatic rings. The van der Waals surface area contributed by atoms with Crippen LogP contribution in [0.15, 0.2) is 6.33 Å². The van der Waals surface area contributed by atoms with Gasteiger partial charge in [0.1, 0.15) is 12.2 Å². The maximum absolute atomic E-state index is 5.72. The van der Waals surface area contributed by atoms with Crippen LogP contribution in [0.25, 0.3) is 0 Å². The van der Waals surface area contributed by atoms with Gasteiger partial charge in [-0.2, -0.15) is 0 Å². The summed E-state index contributed by atoms with van der Waals surface area (Å²) in [4.78, 5) is 2.42. The van der Waals surface area contributed by atoms with Crippen molar-refractivity contribution in [1.29, 1.82) is 0 Å². The summed E-state index contributed by atoms with van der Waals surface area (Å²) in [5, 5.41) is 8.01. The van der Waals surface area contributed by atoms with Gasteiger partial charge in [-0.3, -0.25) is 4.90 Å². The van der Waals surface area contributed by atoms with Crippen molar-refractivity contribution < 1.29 is 0 Å². The van der Waals surface area contributed by atoms with Gasteiger partial charge in [0.2, 0.25) is 0 Å². The van der Waals surface area contributed by atoms with Crippen LogP contribution in [0, 0.1) is 0 Å². The fourth-order valence-electron chi connectivity index (χ4n) is 1.94. The lowest BCUT2D eigenvalue weighted by molar-refractivity contribution is 0.212. The molecule has 0 amide bonds. The highest BCUT2D eigenvalue weighted by Gasteiger charge is 2.16. The van der Waals surface area contributed by atoms with Crippen molar-refractivity contribution in [1.82, 2.24) is 19.7 Å². The molecule has 1 unspecified atom stereocenters. The number of rotatable bonds is 4. The summed E-state index contributed by atoms with van der Waals surface area (Å²) in [5.41, 5.74) is 5.72. The Hall–Kier alpha value is -0.940. The Kier molecular flexibility index (Phi) is 3.33. The first kappa shape index (κ1) is 10.6. The van der Waals surface area contributed by atoms with Crippen molar-refractivity contribution in [3.63, 3.8) is 0 Å². The van der Waals surface area contributed by atoms with Crippen LogP contribution < -0.4 is 5.73 Å². The Morgan fingerprint density at radius 2 is 2.40 bits per heavy atom. The van der Waals surface area contributed by atoms with Crippen molar-refractivity contribution in [2.24, 2.45) is 5.73 Å². The molecular formula is C10H19N5. The van der Waals surface area contributed by atoms with Gasteiger partial charge < -0.3 is 10.3 Å². The van der Waals surface area contributed by atoms with Crippen molar-refractivity contribution in [3.8, 4) is 0 Å². The van der Waals surface area contributed by atoms with Crippen LogP contribution >= 0.6 is 0 Å². The third-order valence-electron chi connectivity index (χ3n) is 2.85. The van der Waals surface area contributed by atoms with Crippen LogP contribution in [-0.2, 0) is 13.1 Å². The molecular weight excluding hydrogens is 190 g/mol. The Bertz CT molecular complexity index is 307. The Morgan fingerprint density at radius 3 is 3.20 bits per heavy atom. The predicted octanol–water partition coefficient (Wildman–Crippen LogP) is 0.221. The summed E-state index contributed by atoms with van der Waals surface area (Å²) in [6.45, 7) is 6.23. The van der Waals surface area contributed by atoms with Gasteiger partial charge >= 0.3 is 0 Å². The zero-order valence-electron chi connectivity index (χ0n) is 9.26. The van der Waals surface area contributed by atoms with E-state index in [4.69, 9.17) is 5.73 Å². The summed E-state index contributed by atoms with van der Waals surface area (Å²) < 4.78 is 2.13. The average molecular weight is 209 g/mol. The molecule has 0 aliphatic carbocycles. The molecule has 0 saturated heterocycles. The number of aromatic nitrogens is 3.